The van der Waals surface area contributed by atoms with Crippen LogP contribution in [0.4, 0.5) is 0 Å². The van der Waals surface area contributed by atoms with E-state index in [4.69, 9.17) is 9.47 Å². The first-order chi connectivity index (χ1) is 9.83. The van der Waals surface area contributed by atoms with Crippen molar-refractivity contribution < 1.29 is 14.3 Å². The van der Waals surface area contributed by atoms with Gasteiger partial charge in [0, 0.05) is 23.1 Å². The molecule has 1 aromatic carbocycles. The highest BCUT2D eigenvalue weighted by molar-refractivity contribution is 7.99. The zero-order valence-electron chi connectivity index (χ0n) is 11.4. The van der Waals surface area contributed by atoms with Crippen LogP contribution in [0.15, 0.2) is 18.2 Å². The van der Waals surface area contributed by atoms with Gasteiger partial charge in [-0.3, -0.25) is 4.79 Å². The summed E-state index contributed by atoms with van der Waals surface area (Å²) in [6.45, 7) is 0.951. The van der Waals surface area contributed by atoms with E-state index in [1.54, 1.807) is 18.2 Å². The summed E-state index contributed by atoms with van der Waals surface area (Å²) in [6.07, 6.45) is 5.39. The lowest BCUT2D eigenvalue weighted by Gasteiger charge is -2.09. The van der Waals surface area contributed by atoms with E-state index in [0.29, 0.717) is 23.6 Å². The highest BCUT2D eigenvalue weighted by Crippen LogP contribution is 2.32. The lowest BCUT2D eigenvalue weighted by molar-refractivity contribution is 0.0955. The zero-order chi connectivity index (χ0) is 13.8. The topological polar surface area (TPSA) is 47.6 Å². The Morgan fingerprint density at radius 2 is 2.05 bits per heavy atom. The summed E-state index contributed by atoms with van der Waals surface area (Å²) in [7, 11) is 0. The van der Waals surface area contributed by atoms with Crippen molar-refractivity contribution in [2.24, 2.45) is 0 Å². The van der Waals surface area contributed by atoms with Crippen LogP contribution in [0.25, 0.3) is 0 Å². The molecule has 1 amide bonds. The summed E-state index contributed by atoms with van der Waals surface area (Å²) >= 11 is 1.98. The second kappa shape index (κ2) is 6.39. The normalized spacial score (nSPS) is 17.4. The van der Waals surface area contributed by atoms with Gasteiger partial charge < -0.3 is 14.8 Å². The van der Waals surface area contributed by atoms with Crippen LogP contribution in [-0.2, 0) is 0 Å². The molecule has 1 aliphatic heterocycles. The summed E-state index contributed by atoms with van der Waals surface area (Å²) in [6, 6.07) is 5.29. The minimum Gasteiger partial charge on any atom is -0.454 e. The molecular weight excluding hydrogens is 274 g/mol. The van der Waals surface area contributed by atoms with Gasteiger partial charge >= 0.3 is 0 Å². The van der Waals surface area contributed by atoms with Crippen molar-refractivity contribution in [1.82, 2.24) is 5.32 Å². The number of thioether (sulfide) groups is 1. The number of rotatable bonds is 5. The van der Waals surface area contributed by atoms with Crippen molar-refractivity contribution in [3.63, 3.8) is 0 Å². The summed E-state index contributed by atoms with van der Waals surface area (Å²) in [5.41, 5.74) is 0.625. The number of carbonyl (C=O) groups is 1. The van der Waals surface area contributed by atoms with E-state index in [9.17, 15) is 4.79 Å². The molecule has 1 aromatic rings. The molecule has 3 rings (SSSR count). The van der Waals surface area contributed by atoms with Crippen molar-refractivity contribution in [1.29, 1.82) is 0 Å². The first-order valence-corrected chi connectivity index (χ1v) is 8.17. The molecule has 0 radical (unpaired) electrons. The van der Waals surface area contributed by atoms with E-state index in [-0.39, 0.29) is 12.7 Å². The van der Waals surface area contributed by atoms with Gasteiger partial charge in [-0.05, 0) is 31.0 Å². The van der Waals surface area contributed by atoms with Crippen molar-refractivity contribution in [2.45, 2.75) is 30.9 Å². The van der Waals surface area contributed by atoms with Gasteiger partial charge in [-0.2, -0.15) is 11.8 Å². The van der Waals surface area contributed by atoms with Gasteiger partial charge in [0.05, 0.1) is 0 Å². The lowest BCUT2D eigenvalue weighted by atomic mass is 10.2. The van der Waals surface area contributed by atoms with Gasteiger partial charge in [-0.25, -0.2) is 0 Å². The lowest BCUT2D eigenvalue weighted by Crippen LogP contribution is -2.26. The van der Waals surface area contributed by atoms with E-state index in [1.165, 1.54) is 25.7 Å². The third-order valence-corrected chi connectivity index (χ3v) is 5.06. The van der Waals surface area contributed by atoms with Gasteiger partial charge in [-0.1, -0.05) is 12.8 Å². The number of amides is 1. The Kier molecular flexibility index (Phi) is 4.35. The molecule has 4 nitrogen and oxygen atoms in total. The fourth-order valence-electron chi connectivity index (χ4n) is 2.59. The number of fused-ring (bicyclic) bond motifs is 1. The van der Waals surface area contributed by atoms with E-state index < -0.39 is 0 Å². The van der Waals surface area contributed by atoms with E-state index in [2.05, 4.69) is 5.32 Å². The molecule has 0 atom stereocenters. The quantitative estimate of drug-likeness (QED) is 0.848. The minimum absolute atomic E-state index is 0.0460. The summed E-state index contributed by atoms with van der Waals surface area (Å²) in [4.78, 5) is 12.0. The molecule has 1 N–H and O–H groups in total. The monoisotopic (exact) mass is 293 g/mol. The zero-order valence-corrected chi connectivity index (χ0v) is 12.2. The smallest absolute Gasteiger partial charge is 0.251 e. The highest BCUT2D eigenvalue weighted by Gasteiger charge is 2.17. The van der Waals surface area contributed by atoms with Crippen LogP contribution in [0, 0.1) is 0 Å². The van der Waals surface area contributed by atoms with E-state index >= 15 is 0 Å². The van der Waals surface area contributed by atoms with Gasteiger partial charge in [-0.15, -0.1) is 0 Å². The molecule has 108 valence electrons. The number of ether oxygens (including phenoxy) is 2. The Morgan fingerprint density at radius 3 is 2.90 bits per heavy atom. The SMILES string of the molecule is O=C(NCCSC1CCCC1)c1ccc2c(c1)OCO2. The first kappa shape index (κ1) is 13.6. The van der Waals surface area contributed by atoms with Gasteiger partial charge in [0.1, 0.15) is 0 Å². The summed E-state index contributed by atoms with van der Waals surface area (Å²) < 4.78 is 10.5. The molecule has 1 saturated carbocycles. The molecule has 0 aromatic heterocycles. The van der Waals surface area contributed by atoms with Crippen molar-refractivity contribution in [3.8, 4) is 11.5 Å². The van der Waals surface area contributed by atoms with Gasteiger partial charge in [0.15, 0.2) is 11.5 Å². The minimum atomic E-state index is -0.0460. The Balaban J connectivity index is 1.44. The maximum Gasteiger partial charge on any atom is 0.251 e. The third-order valence-electron chi connectivity index (χ3n) is 3.68. The van der Waals surface area contributed by atoms with E-state index in [1.807, 2.05) is 11.8 Å². The molecule has 1 aliphatic carbocycles. The molecule has 2 aliphatic rings. The summed E-state index contributed by atoms with van der Waals surface area (Å²) in [5, 5.41) is 3.76. The van der Waals surface area contributed by atoms with Crippen LogP contribution < -0.4 is 14.8 Å². The predicted octanol–water partition coefficient (Wildman–Crippen LogP) is 2.82. The molecule has 0 saturated heterocycles. The summed E-state index contributed by atoms with van der Waals surface area (Å²) in [5.74, 6) is 2.30. The molecule has 0 spiro atoms. The first-order valence-electron chi connectivity index (χ1n) is 7.12. The Morgan fingerprint density at radius 1 is 1.25 bits per heavy atom. The molecule has 20 heavy (non-hydrogen) atoms. The Hall–Kier alpha value is -1.36. The number of hydrogen-bond donors (Lipinski definition) is 1. The second-order valence-electron chi connectivity index (χ2n) is 5.10. The number of benzene rings is 1. The average molecular weight is 293 g/mol. The van der Waals surface area contributed by atoms with E-state index in [0.717, 1.165) is 11.0 Å². The van der Waals surface area contributed by atoms with Crippen LogP contribution in [0.2, 0.25) is 0 Å². The molecule has 0 unspecified atom stereocenters. The maximum atomic E-state index is 12.0. The van der Waals surface area contributed by atoms with Crippen molar-refractivity contribution in [2.75, 3.05) is 19.1 Å². The van der Waals surface area contributed by atoms with Crippen LogP contribution in [-0.4, -0.2) is 30.2 Å². The standard InChI is InChI=1S/C15H19NO3S/c17-15(16-7-8-20-12-3-1-2-4-12)11-5-6-13-14(9-11)19-10-18-13/h5-6,9,12H,1-4,7-8,10H2,(H,16,17). The fourth-order valence-corrected chi connectivity index (χ4v) is 3.80. The highest BCUT2D eigenvalue weighted by atomic mass is 32.2. The number of hydrogen-bond acceptors (Lipinski definition) is 4. The van der Waals surface area contributed by atoms with Gasteiger partial charge in [0.2, 0.25) is 6.79 Å². The van der Waals surface area contributed by atoms with Crippen LogP contribution in [0.3, 0.4) is 0 Å². The Labute approximate surface area is 123 Å². The third kappa shape index (κ3) is 3.20. The van der Waals surface area contributed by atoms with Crippen molar-refractivity contribution >= 4 is 17.7 Å². The fraction of sp³-hybridized carbons (Fsp3) is 0.533. The largest absolute Gasteiger partial charge is 0.454 e. The average Bonchev–Trinajstić information content (AvgIpc) is 3.13. The molecule has 1 heterocycles. The second-order valence-corrected chi connectivity index (χ2v) is 6.51. The van der Waals surface area contributed by atoms with Crippen LogP contribution in [0.5, 0.6) is 11.5 Å². The maximum absolute atomic E-state index is 12.0. The number of carbonyl (C=O) groups excluding carboxylic acids is 1. The molecule has 1 fully saturated rings. The van der Waals surface area contributed by atoms with Gasteiger partial charge in [0.25, 0.3) is 5.91 Å². The molecule has 5 heteroatoms. The van der Waals surface area contributed by atoms with Crippen LogP contribution >= 0.6 is 11.8 Å². The van der Waals surface area contributed by atoms with Crippen molar-refractivity contribution in [3.05, 3.63) is 23.8 Å². The molecular formula is C15H19NO3S. The predicted molar refractivity (Wildman–Crippen MR) is 79.6 cm³/mol. The number of nitrogens with one attached hydrogen (secondary N) is 1. The Bertz CT molecular complexity index is 486. The molecule has 0 bridgehead atoms. The van der Waals surface area contributed by atoms with Crippen LogP contribution in [0.1, 0.15) is 36.0 Å².